The minimum absolute atomic E-state index is 0.0811. The zero-order valence-electron chi connectivity index (χ0n) is 21.5. The number of anilines is 2. The van der Waals surface area contributed by atoms with E-state index in [1.165, 1.54) is 6.08 Å². The van der Waals surface area contributed by atoms with E-state index < -0.39 is 0 Å². The van der Waals surface area contributed by atoms with Crippen LogP contribution < -0.4 is 10.2 Å². The molecule has 1 aromatic heterocycles. The Kier molecular flexibility index (Phi) is 7.98. The maximum Gasteiger partial charge on any atom is 0.274 e. The molecule has 1 aliphatic rings. The van der Waals surface area contributed by atoms with Crippen LogP contribution in [0.1, 0.15) is 23.2 Å². The van der Waals surface area contributed by atoms with Crippen LogP contribution in [-0.2, 0) is 4.79 Å². The second kappa shape index (κ2) is 11.5. The molecule has 0 spiro atoms. The van der Waals surface area contributed by atoms with Crippen molar-refractivity contribution in [1.82, 2.24) is 19.8 Å². The molecule has 4 rings (SSSR count). The van der Waals surface area contributed by atoms with Crippen LogP contribution in [0.15, 0.2) is 79.4 Å². The molecule has 37 heavy (non-hydrogen) atoms. The molecule has 0 saturated carbocycles. The van der Waals surface area contributed by atoms with Gasteiger partial charge in [0.1, 0.15) is 11.5 Å². The first-order valence-corrected chi connectivity index (χ1v) is 12.3. The largest absolute Gasteiger partial charge is 0.375 e. The Labute approximate surface area is 217 Å². The smallest absolute Gasteiger partial charge is 0.274 e. The van der Waals surface area contributed by atoms with Gasteiger partial charge >= 0.3 is 0 Å². The topological polar surface area (TPSA) is 81.7 Å². The van der Waals surface area contributed by atoms with Crippen molar-refractivity contribution in [3.63, 3.8) is 0 Å². The molecule has 0 unspecified atom stereocenters. The number of amides is 2. The lowest BCUT2D eigenvalue weighted by Crippen LogP contribution is -2.48. The first-order chi connectivity index (χ1) is 17.9. The van der Waals surface area contributed by atoms with Gasteiger partial charge in [0.2, 0.25) is 5.91 Å². The maximum absolute atomic E-state index is 13.5. The SMILES string of the molecule is C=CC(=O)N1CCN(c2cc(C(=O)Nc3cccc4ccccc34)nc(/C(=C/C=C\C)N(C)C)n2)CC1. The summed E-state index contributed by atoms with van der Waals surface area (Å²) in [6, 6.07) is 15.5. The lowest BCUT2D eigenvalue weighted by molar-refractivity contribution is -0.126. The van der Waals surface area contributed by atoms with E-state index in [2.05, 4.69) is 21.8 Å². The van der Waals surface area contributed by atoms with Gasteiger partial charge in [-0.15, -0.1) is 0 Å². The molecule has 2 amide bonds. The molecule has 1 N–H and O–H groups in total. The van der Waals surface area contributed by atoms with Crippen molar-refractivity contribution in [3.8, 4) is 0 Å². The Bertz CT molecular complexity index is 1360. The number of aromatic nitrogens is 2. The second-order valence-electron chi connectivity index (χ2n) is 8.90. The van der Waals surface area contributed by atoms with Crippen molar-refractivity contribution >= 4 is 39.8 Å². The van der Waals surface area contributed by atoms with Crippen molar-refractivity contribution in [1.29, 1.82) is 0 Å². The van der Waals surface area contributed by atoms with Crippen molar-refractivity contribution in [2.45, 2.75) is 6.92 Å². The molecule has 190 valence electrons. The molecular weight excluding hydrogens is 464 g/mol. The van der Waals surface area contributed by atoms with Gasteiger partial charge in [-0.05, 0) is 30.5 Å². The molecule has 0 bridgehead atoms. The Morgan fingerprint density at radius 3 is 2.46 bits per heavy atom. The van der Waals surface area contributed by atoms with Gasteiger partial charge in [0, 0.05) is 57.4 Å². The highest BCUT2D eigenvalue weighted by Crippen LogP contribution is 2.25. The number of nitrogens with one attached hydrogen (secondary N) is 1. The third-order valence-electron chi connectivity index (χ3n) is 6.23. The van der Waals surface area contributed by atoms with E-state index in [0.29, 0.717) is 37.8 Å². The van der Waals surface area contributed by atoms with E-state index in [1.54, 1.807) is 11.0 Å². The van der Waals surface area contributed by atoms with Crippen LogP contribution in [0.25, 0.3) is 16.5 Å². The third-order valence-corrected chi connectivity index (χ3v) is 6.23. The zero-order valence-corrected chi connectivity index (χ0v) is 21.5. The van der Waals surface area contributed by atoms with E-state index in [0.717, 1.165) is 22.2 Å². The van der Waals surface area contributed by atoms with Crippen LogP contribution in [0.2, 0.25) is 0 Å². The molecule has 3 aromatic rings. The van der Waals surface area contributed by atoms with Crippen molar-refractivity contribution in [2.75, 3.05) is 50.5 Å². The number of carbonyl (C=O) groups excluding carboxylic acids is 2. The van der Waals surface area contributed by atoms with Gasteiger partial charge in [-0.3, -0.25) is 9.59 Å². The fourth-order valence-electron chi connectivity index (χ4n) is 4.24. The summed E-state index contributed by atoms with van der Waals surface area (Å²) in [6.07, 6.45) is 7.11. The van der Waals surface area contributed by atoms with Gasteiger partial charge in [0.15, 0.2) is 5.82 Å². The van der Waals surface area contributed by atoms with Crippen molar-refractivity contribution in [2.24, 2.45) is 0 Å². The molecule has 0 atom stereocenters. The number of piperazine rings is 1. The van der Waals surface area contributed by atoms with Crippen LogP contribution in [-0.4, -0.2) is 71.9 Å². The Balaban J connectivity index is 1.71. The van der Waals surface area contributed by atoms with Crippen LogP contribution in [0, 0.1) is 0 Å². The molecule has 1 fully saturated rings. The average Bonchev–Trinajstić information content (AvgIpc) is 2.92. The number of benzene rings is 2. The van der Waals surface area contributed by atoms with E-state index in [-0.39, 0.29) is 17.5 Å². The summed E-state index contributed by atoms with van der Waals surface area (Å²) in [5.74, 6) is 0.702. The fourth-order valence-corrected chi connectivity index (χ4v) is 4.24. The molecule has 0 radical (unpaired) electrons. The average molecular weight is 497 g/mol. The Morgan fingerprint density at radius 2 is 1.76 bits per heavy atom. The lowest BCUT2D eigenvalue weighted by atomic mass is 10.1. The van der Waals surface area contributed by atoms with Gasteiger partial charge in [-0.2, -0.15) is 0 Å². The fraction of sp³-hybridized carbons (Fsp3) is 0.241. The molecule has 8 heteroatoms. The van der Waals surface area contributed by atoms with Crippen LogP contribution >= 0.6 is 0 Å². The predicted octanol–water partition coefficient (Wildman–Crippen LogP) is 4.20. The molecule has 1 saturated heterocycles. The Morgan fingerprint density at radius 1 is 1.03 bits per heavy atom. The van der Waals surface area contributed by atoms with Gasteiger partial charge in [-0.25, -0.2) is 9.97 Å². The third kappa shape index (κ3) is 5.86. The molecule has 2 aromatic carbocycles. The summed E-state index contributed by atoms with van der Waals surface area (Å²) in [7, 11) is 3.84. The highest BCUT2D eigenvalue weighted by atomic mass is 16.2. The van der Waals surface area contributed by atoms with Crippen molar-refractivity contribution in [3.05, 3.63) is 90.9 Å². The summed E-state index contributed by atoms with van der Waals surface area (Å²) < 4.78 is 0. The number of rotatable bonds is 7. The number of allylic oxidation sites excluding steroid dienone is 3. The van der Waals surface area contributed by atoms with Crippen molar-refractivity contribution < 1.29 is 9.59 Å². The summed E-state index contributed by atoms with van der Waals surface area (Å²) in [6.45, 7) is 7.81. The van der Waals surface area contributed by atoms with Gasteiger partial charge < -0.3 is 20.0 Å². The van der Waals surface area contributed by atoms with Crippen LogP contribution in [0.5, 0.6) is 0 Å². The highest BCUT2D eigenvalue weighted by molar-refractivity contribution is 6.08. The predicted molar refractivity (Wildman–Crippen MR) is 149 cm³/mol. The molecule has 0 aliphatic carbocycles. The summed E-state index contributed by atoms with van der Waals surface area (Å²) >= 11 is 0. The number of fused-ring (bicyclic) bond motifs is 1. The number of hydrogen-bond acceptors (Lipinski definition) is 6. The summed E-state index contributed by atoms with van der Waals surface area (Å²) in [5.41, 5.74) is 1.77. The van der Waals surface area contributed by atoms with Crippen LogP contribution in [0.4, 0.5) is 11.5 Å². The van der Waals surface area contributed by atoms with E-state index in [1.807, 2.05) is 86.6 Å². The van der Waals surface area contributed by atoms with E-state index >= 15 is 0 Å². The quantitative estimate of drug-likeness (QED) is 0.390. The van der Waals surface area contributed by atoms with Crippen LogP contribution in [0.3, 0.4) is 0 Å². The van der Waals surface area contributed by atoms with Gasteiger partial charge in [-0.1, -0.05) is 55.1 Å². The van der Waals surface area contributed by atoms with E-state index in [9.17, 15) is 9.59 Å². The summed E-state index contributed by atoms with van der Waals surface area (Å²) in [4.78, 5) is 40.8. The standard InChI is InChI=1S/C29H32N6O2/c1-5-7-15-25(33(3)4)28-30-24(20-26(32-28)34-16-18-35(19-17-34)27(36)6-2)29(37)31-23-14-10-12-21-11-8-9-13-22(21)23/h5-15,20H,2,16-19H2,1,3-4H3,(H,31,37)/b7-5-,25-15-. The van der Waals surface area contributed by atoms with Gasteiger partial charge in [0.25, 0.3) is 5.91 Å². The summed E-state index contributed by atoms with van der Waals surface area (Å²) in [5, 5.41) is 5.04. The first kappa shape index (κ1) is 25.6. The highest BCUT2D eigenvalue weighted by Gasteiger charge is 2.23. The van der Waals surface area contributed by atoms with Gasteiger partial charge in [0.05, 0.1) is 5.70 Å². The monoisotopic (exact) mass is 496 g/mol. The molecule has 8 nitrogen and oxygen atoms in total. The minimum atomic E-state index is -0.314. The maximum atomic E-state index is 13.5. The number of carbonyl (C=O) groups is 2. The number of nitrogens with zero attached hydrogens (tertiary/aromatic N) is 5. The lowest BCUT2D eigenvalue weighted by Gasteiger charge is -2.35. The Hall–Kier alpha value is -4.46. The first-order valence-electron chi connectivity index (χ1n) is 12.3. The second-order valence-corrected chi connectivity index (χ2v) is 8.90. The molecular formula is C29H32N6O2. The molecule has 1 aliphatic heterocycles. The zero-order chi connectivity index (χ0) is 26.4. The molecule has 2 heterocycles. The normalized spacial score (nSPS) is 14.2. The minimum Gasteiger partial charge on any atom is -0.375 e. The van der Waals surface area contributed by atoms with E-state index in [4.69, 9.17) is 4.98 Å². The number of hydrogen-bond donors (Lipinski definition) is 1.